The highest BCUT2D eigenvalue weighted by atomic mass is 16.3. The highest BCUT2D eigenvalue weighted by molar-refractivity contribution is 5.76. The van der Waals surface area contributed by atoms with E-state index in [9.17, 15) is 15.0 Å². The van der Waals surface area contributed by atoms with Crippen LogP contribution in [0.4, 0.5) is 0 Å². The van der Waals surface area contributed by atoms with Crippen LogP contribution in [0.1, 0.15) is 213 Å². The van der Waals surface area contributed by atoms with E-state index in [-0.39, 0.29) is 12.5 Å². The number of allylic oxidation sites excluding steroid dienone is 13. The second kappa shape index (κ2) is 46.0. The summed E-state index contributed by atoms with van der Waals surface area (Å²) >= 11 is 0. The van der Waals surface area contributed by atoms with Crippen LogP contribution in [-0.2, 0) is 4.79 Å². The third-order valence-electron chi connectivity index (χ3n) is 10.1. The maximum atomic E-state index is 12.4. The van der Waals surface area contributed by atoms with Crippen molar-refractivity contribution in [3.05, 3.63) is 85.1 Å². The average molecular weight is 764 g/mol. The van der Waals surface area contributed by atoms with Gasteiger partial charge in [0.15, 0.2) is 0 Å². The van der Waals surface area contributed by atoms with E-state index >= 15 is 0 Å². The van der Waals surface area contributed by atoms with Gasteiger partial charge in [0.25, 0.3) is 0 Å². The fourth-order valence-corrected chi connectivity index (χ4v) is 6.59. The number of carbonyl (C=O) groups excluding carboxylic acids is 1. The third kappa shape index (κ3) is 42.6. The van der Waals surface area contributed by atoms with E-state index in [1.165, 1.54) is 122 Å². The molecule has 55 heavy (non-hydrogen) atoms. The summed E-state index contributed by atoms with van der Waals surface area (Å²) in [6.07, 6.45) is 67.0. The lowest BCUT2D eigenvalue weighted by Gasteiger charge is -2.19. The molecule has 0 saturated heterocycles. The molecule has 0 radical (unpaired) electrons. The molecule has 0 spiro atoms. The van der Waals surface area contributed by atoms with Crippen LogP contribution in [0, 0.1) is 0 Å². The lowest BCUT2D eigenvalue weighted by atomic mass is 10.0. The minimum absolute atomic E-state index is 0.108. The topological polar surface area (TPSA) is 69.6 Å². The van der Waals surface area contributed by atoms with Crippen LogP contribution < -0.4 is 5.32 Å². The number of carbonyl (C=O) groups is 1. The zero-order valence-electron chi connectivity index (χ0n) is 36.2. The van der Waals surface area contributed by atoms with Crippen LogP contribution in [0.15, 0.2) is 85.1 Å². The van der Waals surface area contributed by atoms with Crippen molar-refractivity contribution in [2.24, 2.45) is 0 Å². The SMILES string of the molecule is CC/C=C\C/C=C\C/C=C\C/C=C\C/C=C\C/C=C\CCCCC(=O)NC(CO)C(O)/C=C/CCCCCCCCCCCCCCCCCCCCCC. The van der Waals surface area contributed by atoms with Crippen molar-refractivity contribution in [1.29, 1.82) is 0 Å². The van der Waals surface area contributed by atoms with Gasteiger partial charge < -0.3 is 15.5 Å². The summed E-state index contributed by atoms with van der Waals surface area (Å²) in [5.74, 6) is -0.108. The molecule has 0 aromatic carbocycles. The number of hydrogen-bond donors (Lipinski definition) is 3. The van der Waals surface area contributed by atoms with Gasteiger partial charge in [0.2, 0.25) is 5.91 Å². The van der Waals surface area contributed by atoms with E-state index in [4.69, 9.17) is 0 Å². The fraction of sp³-hybridized carbons (Fsp3) is 0.706. The summed E-state index contributed by atoms with van der Waals surface area (Å²) in [5.41, 5.74) is 0. The predicted octanol–water partition coefficient (Wildman–Crippen LogP) is 14.9. The van der Waals surface area contributed by atoms with Crippen molar-refractivity contribution in [3.63, 3.8) is 0 Å². The van der Waals surface area contributed by atoms with Gasteiger partial charge in [-0.25, -0.2) is 0 Å². The molecule has 0 aliphatic heterocycles. The highest BCUT2D eigenvalue weighted by Gasteiger charge is 2.17. The van der Waals surface area contributed by atoms with Gasteiger partial charge in [-0.15, -0.1) is 0 Å². The van der Waals surface area contributed by atoms with Crippen molar-refractivity contribution in [2.75, 3.05) is 6.61 Å². The van der Waals surface area contributed by atoms with Crippen molar-refractivity contribution in [1.82, 2.24) is 5.32 Å². The zero-order valence-corrected chi connectivity index (χ0v) is 36.2. The Kier molecular flexibility index (Phi) is 43.9. The molecule has 0 saturated carbocycles. The molecule has 0 aliphatic rings. The monoisotopic (exact) mass is 764 g/mol. The van der Waals surface area contributed by atoms with Crippen LogP contribution in [0.2, 0.25) is 0 Å². The molecule has 0 fully saturated rings. The molecule has 4 nitrogen and oxygen atoms in total. The van der Waals surface area contributed by atoms with Gasteiger partial charge in [-0.2, -0.15) is 0 Å². The Morgan fingerprint density at radius 3 is 1.20 bits per heavy atom. The highest BCUT2D eigenvalue weighted by Crippen LogP contribution is 2.15. The molecule has 1 amide bonds. The van der Waals surface area contributed by atoms with Gasteiger partial charge in [-0.1, -0.05) is 221 Å². The number of unbranched alkanes of at least 4 members (excludes halogenated alkanes) is 22. The summed E-state index contributed by atoms with van der Waals surface area (Å²) in [5, 5.41) is 23.0. The lowest BCUT2D eigenvalue weighted by Crippen LogP contribution is -2.45. The Morgan fingerprint density at radius 2 is 0.800 bits per heavy atom. The standard InChI is InChI=1S/C51H89NO3/c1-3-5-7-9-11-13-15-17-19-21-23-25-27-28-30-32-34-36-38-40-42-44-46-50(54)49(48-53)52-51(55)47-45-43-41-39-37-35-33-31-29-26-24-22-20-18-16-14-12-10-8-6-4-2/h6,8,12,14,18,20,24,26,31,33,37,39,44,46,49-50,53-54H,3-5,7,9-11,13,15-17,19,21-23,25,27-30,32,34-36,38,40-43,45,47-48H2,1-2H3,(H,52,55)/b8-6-,14-12-,20-18-,26-24-,33-31-,39-37-,46-44+. The fourth-order valence-electron chi connectivity index (χ4n) is 6.59. The summed E-state index contributed by atoms with van der Waals surface area (Å²) in [4.78, 5) is 12.4. The van der Waals surface area contributed by atoms with Crippen LogP contribution in [-0.4, -0.2) is 34.9 Å². The van der Waals surface area contributed by atoms with Crippen LogP contribution in [0.25, 0.3) is 0 Å². The van der Waals surface area contributed by atoms with Crippen molar-refractivity contribution < 1.29 is 15.0 Å². The van der Waals surface area contributed by atoms with E-state index in [2.05, 4.69) is 92.1 Å². The van der Waals surface area contributed by atoms with Gasteiger partial charge in [-0.3, -0.25) is 4.79 Å². The predicted molar refractivity (Wildman–Crippen MR) is 243 cm³/mol. The number of hydrogen-bond acceptors (Lipinski definition) is 3. The van der Waals surface area contributed by atoms with Gasteiger partial charge in [-0.05, 0) is 70.6 Å². The molecule has 316 valence electrons. The maximum Gasteiger partial charge on any atom is 0.220 e. The Morgan fingerprint density at radius 1 is 0.455 bits per heavy atom. The van der Waals surface area contributed by atoms with Gasteiger partial charge in [0, 0.05) is 6.42 Å². The van der Waals surface area contributed by atoms with Crippen molar-refractivity contribution >= 4 is 5.91 Å². The molecular formula is C51H89NO3. The van der Waals surface area contributed by atoms with E-state index in [0.717, 1.165) is 70.6 Å². The molecule has 0 rings (SSSR count). The first kappa shape index (κ1) is 52.6. The first-order chi connectivity index (χ1) is 27.2. The van der Waals surface area contributed by atoms with Crippen LogP contribution in [0.5, 0.6) is 0 Å². The molecule has 0 heterocycles. The van der Waals surface area contributed by atoms with Gasteiger partial charge >= 0.3 is 0 Å². The van der Waals surface area contributed by atoms with Crippen LogP contribution >= 0.6 is 0 Å². The van der Waals surface area contributed by atoms with E-state index in [1.54, 1.807) is 6.08 Å². The second-order valence-corrected chi connectivity index (χ2v) is 15.4. The first-order valence-electron chi connectivity index (χ1n) is 23.3. The summed E-state index contributed by atoms with van der Waals surface area (Å²) < 4.78 is 0. The Balaban J connectivity index is 3.67. The number of rotatable bonds is 41. The molecule has 0 aliphatic carbocycles. The summed E-state index contributed by atoms with van der Waals surface area (Å²) in [6, 6.07) is -0.651. The van der Waals surface area contributed by atoms with Crippen molar-refractivity contribution in [2.45, 2.75) is 225 Å². The second-order valence-electron chi connectivity index (χ2n) is 15.4. The van der Waals surface area contributed by atoms with E-state index in [1.807, 2.05) is 6.08 Å². The molecule has 2 unspecified atom stereocenters. The molecular weight excluding hydrogens is 675 g/mol. The lowest BCUT2D eigenvalue weighted by molar-refractivity contribution is -0.123. The smallest absolute Gasteiger partial charge is 0.220 e. The normalized spacial score (nSPS) is 13.7. The van der Waals surface area contributed by atoms with Gasteiger partial charge in [0.05, 0.1) is 18.8 Å². The van der Waals surface area contributed by atoms with Crippen molar-refractivity contribution in [3.8, 4) is 0 Å². The van der Waals surface area contributed by atoms with E-state index < -0.39 is 12.1 Å². The molecule has 0 aromatic heterocycles. The minimum Gasteiger partial charge on any atom is -0.394 e. The van der Waals surface area contributed by atoms with Crippen LogP contribution in [0.3, 0.4) is 0 Å². The maximum absolute atomic E-state index is 12.4. The molecule has 0 aromatic rings. The number of nitrogens with one attached hydrogen (secondary N) is 1. The largest absolute Gasteiger partial charge is 0.394 e. The zero-order chi connectivity index (χ0) is 40.0. The Bertz CT molecular complexity index is 1000. The number of aliphatic hydroxyl groups is 2. The Hall–Kier alpha value is -2.43. The quantitative estimate of drug-likeness (QED) is 0.0429. The third-order valence-corrected chi connectivity index (χ3v) is 10.1. The molecule has 0 bridgehead atoms. The first-order valence-corrected chi connectivity index (χ1v) is 23.3. The number of aliphatic hydroxyl groups excluding tert-OH is 2. The minimum atomic E-state index is -0.863. The summed E-state index contributed by atoms with van der Waals surface area (Å²) in [7, 11) is 0. The van der Waals surface area contributed by atoms with Gasteiger partial charge in [0.1, 0.15) is 0 Å². The summed E-state index contributed by atoms with van der Waals surface area (Å²) in [6.45, 7) is 4.18. The molecule has 3 N–H and O–H groups in total. The molecule has 2 atom stereocenters. The Labute approximate surface area is 341 Å². The number of amides is 1. The molecule has 4 heteroatoms. The average Bonchev–Trinajstić information content (AvgIpc) is 3.19. The van der Waals surface area contributed by atoms with E-state index in [0.29, 0.717) is 6.42 Å².